The smallest absolute Gasteiger partial charge is 0.236 e. The predicted octanol–water partition coefficient (Wildman–Crippen LogP) is 0.589. The van der Waals surface area contributed by atoms with Crippen molar-refractivity contribution in [1.82, 2.24) is 15.1 Å². The van der Waals surface area contributed by atoms with E-state index in [2.05, 4.69) is 17.3 Å². The molecule has 0 atom stereocenters. The van der Waals surface area contributed by atoms with Gasteiger partial charge in [-0.2, -0.15) is 0 Å². The fourth-order valence-electron chi connectivity index (χ4n) is 2.80. The lowest BCUT2D eigenvalue weighted by Crippen LogP contribution is -2.45. The van der Waals surface area contributed by atoms with Gasteiger partial charge in [-0.15, -0.1) is 12.4 Å². The van der Waals surface area contributed by atoms with Gasteiger partial charge in [-0.25, -0.2) is 0 Å². The van der Waals surface area contributed by atoms with Gasteiger partial charge < -0.3 is 15.0 Å². The monoisotopic (exact) mass is 305 g/mol. The molecule has 5 nitrogen and oxygen atoms in total. The Morgan fingerprint density at radius 1 is 1.30 bits per heavy atom. The number of nitrogens with one attached hydrogen (secondary N) is 1. The highest BCUT2D eigenvalue weighted by Gasteiger charge is 2.19. The van der Waals surface area contributed by atoms with E-state index in [0.717, 1.165) is 38.6 Å². The standard InChI is InChI=1S/C14H27N3O2.ClH/c1-16(7-4-13-2-5-15-6-3-13)12-14(18)17-8-10-19-11-9-17;/h13,15H,2-12H2,1H3;1H. The summed E-state index contributed by atoms with van der Waals surface area (Å²) in [6.07, 6.45) is 3.78. The minimum absolute atomic E-state index is 0. The molecule has 2 heterocycles. The molecule has 2 rings (SSSR count). The van der Waals surface area contributed by atoms with Crippen molar-refractivity contribution in [2.45, 2.75) is 19.3 Å². The second-order valence-electron chi connectivity index (χ2n) is 5.71. The molecule has 2 aliphatic rings. The first-order chi connectivity index (χ1) is 9.25. The van der Waals surface area contributed by atoms with Crippen molar-refractivity contribution in [2.75, 3.05) is 59.5 Å². The first-order valence-electron chi connectivity index (χ1n) is 7.50. The quantitative estimate of drug-likeness (QED) is 0.807. The van der Waals surface area contributed by atoms with Crippen LogP contribution < -0.4 is 5.32 Å². The second-order valence-corrected chi connectivity index (χ2v) is 5.71. The molecule has 0 bridgehead atoms. The lowest BCUT2D eigenvalue weighted by atomic mass is 9.94. The van der Waals surface area contributed by atoms with E-state index in [1.165, 1.54) is 19.3 Å². The summed E-state index contributed by atoms with van der Waals surface area (Å²) in [7, 11) is 2.05. The van der Waals surface area contributed by atoms with Crippen molar-refractivity contribution in [3.05, 3.63) is 0 Å². The Morgan fingerprint density at radius 3 is 2.60 bits per heavy atom. The number of likely N-dealkylation sites (N-methyl/N-ethyl adjacent to an activating group) is 1. The normalized spacial score (nSPS) is 20.8. The molecule has 1 N–H and O–H groups in total. The summed E-state index contributed by atoms with van der Waals surface area (Å²) < 4.78 is 5.27. The van der Waals surface area contributed by atoms with Crippen LogP contribution in [0.4, 0.5) is 0 Å². The van der Waals surface area contributed by atoms with Crippen LogP contribution in [0.3, 0.4) is 0 Å². The summed E-state index contributed by atoms with van der Waals surface area (Å²) in [5.41, 5.74) is 0. The van der Waals surface area contributed by atoms with Crippen LogP contribution in [0, 0.1) is 5.92 Å². The minimum atomic E-state index is 0. The number of morpholine rings is 1. The van der Waals surface area contributed by atoms with Gasteiger partial charge in [0, 0.05) is 13.1 Å². The summed E-state index contributed by atoms with van der Waals surface area (Å²) in [5.74, 6) is 1.08. The van der Waals surface area contributed by atoms with Crippen molar-refractivity contribution >= 4 is 18.3 Å². The van der Waals surface area contributed by atoms with Crippen molar-refractivity contribution in [3.63, 3.8) is 0 Å². The van der Waals surface area contributed by atoms with Gasteiger partial charge in [0.25, 0.3) is 0 Å². The second kappa shape index (κ2) is 9.55. The molecule has 0 aromatic carbocycles. The van der Waals surface area contributed by atoms with Crippen LogP contribution >= 0.6 is 12.4 Å². The summed E-state index contributed by atoms with van der Waals surface area (Å²) in [6.45, 7) is 6.75. The molecular formula is C14H28ClN3O2. The van der Waals surface area contributed by atoms with E-state index in [-0.39, 0.29) is 18.3 Å². The van der Waals surface area contributed by atoms with E-state index in [4.69, 9.17) is 4.74 Å². The number of halogens is 1. The number of piperidine rings is 1. The van der Waals surface area contributed by atoms with E-state index in [1.54, 1.807) is 0 Å². The maximum Gasteiger partial charge on any atom is 0.236 e. The molecule has 0 radical (unpaired) electrons. The average molecular weight is 306 g/mol. The topological polar surface area (TPSA) is 44.8 Å². The van der Waals surface area contributed by atoms with Gasteiger partial charge in [-0.05, 0) is 51.9 Å². The van der Waals surface area contributed by atoms with Gasteiger partial charge in [0.2, 0.25) is 5.91 Å². The summed E-state index contributed by atoms with van der Waals surface area (Å²) in [5, 5.41) is 3.39. The molecular weight excluding hydrogens is 278 g/mol. The molecule has 2 saturated heterocycles. The minimum Gasteiger partial charge on any atom is -0.378 e. The van der Waals surface area contributed by atoms with Crippen LogP contribution in [0.15, 0.2) is 0 Å². The maximum absolute atomic E-state index is 12.1. The van der Waals surface area contributed by atoms with Crippen LogP contribution in [0.5, 0.6) is 0 Å². The Balaban J connectivity index is 0.00000200. The third-order valence-corrected chi connectivity index (χ3v) is 4.15. The molecule has 1 amide bonds. The van der Waals surface area contributed by atoms with E-state index in [9.17, 15) is 4.79 Å². The predicted molar refractivity (Wildman–Crippen MR) is 82.4 cm³/mol. The summed E-state index contributed by atoms with van der Waals surface area (Å²) in [4.78, 5) is 16.2. The number of carbonyl (C=O) groups excluding carboxylic acids is 1. The van der Waals surface area contributed by atoms with Crippen molar-refractivity contribution in [1.29, 1.82) is 0 Å². The van der Waals surface area contributed by atoms with Crippen molar-refractivity contribution in [3.8, 4) is 0 Å². The molecule has 0 saturated carbocycles. The molecule has 0 aromatic rings. The molecule has 20 heavy (non-hydrogen) atoms. The highest BCUT2D eigenvalue weighted by atomic mass is 35.5. The Bertz CT molecular complexity index is 280. The SMILES string of the molecule is CN(CCC1CCNCC1)CC(=O)N1CCOCC1.Cl. The molecule has 118 valence electrons. The Morgan fingerprint density at radius 2 is 1.95 bits per heavy atom. The van der Waals surface area contributed by atoms with Gasteiger partial charge in [-0.1, -0.05) is 0 Å². The molecule has 0 aliphatic carbocycles. The van der Waals surface area contributed by atoms with Crippen molar-refractivity contribution < 1.29 is 9.53 Å². The molecule has 0 unspecified atom stereocenters. The van der Waals surface area contributed by atoms with Crippen LogP contribution in [-0.2, 0) is 9.53 Å². The Kier molecular flexibility index (Phi) is 8.45. The number of carbonyl (C=O) groups is 1. The molecule has 0 aromatic heterocycles. The van der Waals surface area contributed by atoms with E-state index >= 15 is 0 Å². The maximum atomic E-state index is 12.1. The lowest BCUT2D eigenvalue weighted by molar-refractivity contribution is -0.136. The zero-order chi connectivity index (χ0) is 13.5. The molecule has 6 heteroatoms. The number of nitrogens with zero attached hydrogens (tertiary/aromatic N) is 2. The Labute approximate surface area is 128 Å². The molecule has 2 aliphatic heterocycles. The summed E-state index contributed by atoms with van der Waals surface area (Å²) >= 11 is 0. The summed E-state index contributed by atoms with van der Waals surface area (Å²) in [6, 6.07) is 0. The zero-order valence-electron chi connectivity index (χ0n) is 12.5. The fourth-order valence-corrected chi connectivity index (χ4v) is 2.80. The largest absolute Gasteiger partial charge is 0.378 e. The highest BCUT2D eigenvalue weighted by Crippen LogP contribution is 2.15. The zero-order valence-corrected chi connectivity index (χ0v) is 13.3. The number of amides is 1. The fraction of sp³-hybridized carbons (Fsp3) is 0.929. The third-order valence-electron chi connectivity index (χ3n) is 4.15. The van der Waals surface area contributed by atoms with Crippen LogP contribution in [0.25, 0.3) is 0 Å². The first-order valence-corrected chi connectivity index (χ1v) is 7.50. The van der Waals surface area contributed by atoms with Gasteiger partial charge in [-0.3, -0.25) is 9.69 Å². The van der Waals surface area contributed by atoms with E-state index < -0.39 is 0 Å². The van der Waals surface area contributed by atoms with Crippen LogP contribution in [0.2, 0.25) is 0 Å². The number of rotatable bonds is 5. The lowest BCUT2D eigenvalue weighted by Gasteiger charge is -2.29. The number of hydrogen-bond acceptors (Lipinski definition) is 4. The van der Waals surface area contributed by atoms with Crippen molar-refractivity contribution in [2.24, 2.45) is 5.92 Å². The highest BCUT2D eigenvalue weighted by molar-refractivity contribution is 5.85. The van der Waals surface area contributed by atoms with Crippen LogP contribution in [0.1, 0.15) is 19.3 Å². The van der Waals surface area contributed by atoms with Crippen LogP contribution in [-0.4, -0.2) is 75.2 Å². The van der Waals surface area contributed by atoms with Gasteiger partial charge in [0.15, 0.2) is 0 Å². The van der Waals surface area contributed by atoms with Gasteiger partial charge >= 0.3 is 0 Å². The average Bonchev–Trinajstić information content (AvgIpc) is 2.47. The Hall–Kier alpha value is -0.360. The van der Waals surface area contributed by atoms with E-state index in [1.807, 2.05) is 4.90 Å². The van der Waals surface area contributed by atoms with E-state index in [0.29, 0.717) is 19.8 Å². The number of hydrogen-bond donors (Lipinski definition) is 1. The first kappa shape index (κ1) is 17.7. The molecule has 2 fully saturated rings. The van der Waals surface area contributed by atoms with Gasteiger partial charge in [0.1, 0.15) is 0 Å². The molecule has 0 spiro atoms. The third kappa shape index (κ3) is 5.95. The number of ether oxygens (including phenoxy) is 1. The van der Waals surface area contributed by atoms with Gasteiger partial charge in [0.05, 0.1) is 19.8 Å².